The van der Waals surface area contributed by atoms with Crippen molar-refractivity contribution in [3.63, 3.8) is 0 Å². The van der Waals surface area contributed by atoms with Crippen LogP contribution in [-0.2, 0) is 27.3 Å². The Bertz CT molecular complexity index is 2080. The smallest absolute Gasteiger partial charge is 0.490 e. The summed E-state index contributed by atoms with van der Waals surface area (Å²) in [6.07, 6.45) is -2.91. The third-order valence-corrected chi connectivity index (χ3v) is 7.42. The summed E-state index contributed by atoms with van der Waals surface area (Å²) in [5.74, 6) is -5.08. The molecule has 0 spiro atoms. The maximum Gasteiger partial charge on any atom is 0.490 e. The number of carbonyl (C=O) groups is 3. The molecule has 0 aliphatic carbocycles. The molecule has 0 aliphatic heterocycles. The lowest BCUT2D eigenvalue weighted by Crippen LogP contribution is -2.28. The van der Waals surface area contributed by atoms with E-state index in [0.717, 1.165) is 21.9 Å². The lowest BCUT2D eigenvalue weighted by molar-refractivity contribution is -0.193. The van der Waals surface area contributed by atoms with Crippen molar-refractivity contribution in [3.8, 4) is 17.0 Å². The van der Waals surface area contributed by atoms with Crippen molar-refractivity contribution in [3.05, 3.63) is 90.2 Å². The van der Waals surface area contributed by atoms with Crippen LogP contribution in [0.25, 0.3) is 22.0 Å². The van der Waals surface area contributed by atoms with Crippen molar-refractivity contribution in [1.82, 2.24) is 19.4 Å². The standard InChI is InChI=1S/C31H33FN6O3.2C2HF3O2/c1-5-19-13-24(28(32)26(14-19)41-6-2)29(35-22-7-8-23-20(15-22)9-11-34-30(23)33)31-36-25(21-10-12-40-18-21)16-38(31)17-27(39)37(3)4;2*3-2(4,5)1(6)7/h7-16,18,29,35H,5-6,17H2,1-4H3,(H2,33,34);2*(H,6,7). The van der Waals surface area contributed by atoms with Gasteiger partial charge in [0, 0.05) is 48.7 Å². The number of halogens is 7. The highest BCUT2D eigenvalue weighted by Crippen LogP contribution is 2.36. The van der Waals surface area contributed by atoms with Crippen LogP contribution in [0.15, 0.2) is 71.8 Å². The summed E-state index contributed by atoms with van der Waals surface area (Å²) in [6.45, 7) is 4.15. The Kier molecular flexibility index (Phi) is 14.2. The Morgan fingerprint density at radius 1 is 1.00 bits per heavy atom. The van der Waals surface area contributed by atoms with Gasteiger partial charge in [0.15, 0.2) is 11.6 Å². The molecule has 296 valence electrons. The quantitative estimate of drug-likeness (QED) is 0.108. The summed E-state index contributed by atoms with van der Waals surface area (Å²) in [5.41, 5.74) is 9.39. The number of aryl methyl sites for hydroxylation is 1. The molecule has 0 saturated carbocycles. The minimum Gasteiger partial charge on any atom is -0.491 e. The normalized spacial score (nSPS) is 11.8. The van der Waals surface area contributed by atoms with Crippen LogP contribution in [0.2, 0.25) is 0 Å². The van der Waals surface area contributed by atoms with Gasteiger partial charge in [-0.3, -0.25) is 4.79 Å². The molecule has 55 heavy (non-hydrogen) atoms. The van der Waals surface area contributed by atoms with Crippen LogP contribution in [0.3, 0.4) is 0 Å². The van der Waals surface area contributed by atoms with Crippen LogP contribution in [0.5, 0.6) is 5.75 Å². The molecule has 5 rings (SSSR count). The first-order chi connectivity index (χ1) is 25.7. The number of imidazole rings is 1. The van der Waals surface area contributed by atoms with Crippen LogP contribution in [0.4, 0.5) is 42.2 Å². The number of nitrogen functional groups attached to an aromatic ring is 1. The number of aromatic nitrogens is 3. The molecule has 0 aliphatic rings. The molecular weight excluding hydrogens is 749 g/mol. The van der Waals surface area contributed by atoms with E-state index in [1.54, 1.807) is 55.7 Å². The maximum atomic E-state index is 16.2. The van der Waals surface area contributed by atoms with Crippen LogP contribution >= 0.6 is 0 Å². The van der Waals surface area contributed by atoms with Gasteiger partial charge in [0.2, 0.25) is 5.91 Å². The molecular formula is C35H35F7N6O7. The van der Waals surface area contributed by atoms with E-state index >= 15 is 4.39 Å². The number of nitrogens with one attached hydrogen (secondary N) is 1. The Labute approximate surface area is 308 Å². The number of anilines is 2. The van der Waals surface area contributed by atoms with Gasteiger partial charge < -0.3 is 39.9 Å². The molecule has 1 amide bonds. The molecule has 0 fully saturated rings. The van der Waals surface area contributed by atoms with E-state index in [2.05, 4.69) is 10.3 Å². The van der Waals surface area contributed by atoms with Gasteiger partial charge in [0.05, 0.1) is 24.8 Å². The van der Waals surface area contributed by atoms with Crippen molar-refractivity contribution in [2.75, 3.05) is 31.8 Å². The molecule has 1 atom stereocenters. The lowest BCUT2D eigenvalue weighted by Gasteiger charge is -2.24. The molecule has 3 aromatic heterocycles. The summed E-state index contributed by atoms with van der Waals surface area (Å²) in [4.78, 5) is 41.3. The van der Waals surface area contributed by atoms with E-state index < -0.39 is 36.2 Å². The minimum absolute atomic E-state index is 0.0126. The number of hydrogen-bond acceptors (Lipinski definition) is 9. The third kappa shape index (κ3) is 11.6. The molecule has 0 radical (unpaired) electrons. The Morgan fingerprint density at radius 2 is 1.64 bits per heavy atom. The summed E-state index contributed by atoms with van der Waals surface area (Å²) in [7, 11) is 3.39. The fraction of sp³-hybridized carbons (Fsp3) is 0.286. The largest absolute Gasteiger partial charge is 0.491 e. The number of pyridine rings is 1. The van der Waals surface area contributed by atoms with E-state index in [1.807, 2.05) is 44.2 Å². The van der Waals surface area contributed by atoms with Crippen molar-refractivity contribution in [1.29, 1.82) is 0 Å². The first kappa shape index (κ1) is 43.1. The van der Waals surface area contributed by atoms with Gasteiger partial charge >= 0.3 is 24.3 Å². The highest BCUT2D eigenvalue weighted by atomic mass is 19.4. The maximum absolute atomic E-state index is 16.2. The SMILES string of the molecule is CCOc1cc(CC)cc(C(Nc2ccc3c(N)nccc3c2)c2nc(-c3ccoc3)cn2CC(=O)N(C)C)c1F.O=C(O)C(F)(F)F.O=C(O)C(F)(F)F. The molecule has 20 heteroatoms. The fourth-order valence-corrected chi connectivity index (χ4v) is 4.72. The van der Waals surface area contributed by atoms with E-state index in [-0.39, 0.29) is 18.2 Å². The van der Waals surface area contributed by atoms with E-state index in [9.17, 15) is 31.1 Å². The van der Waals surface area contributed by atoms with E-state index in [4.69, 9.17) is 39.7 Å². The van der Waals surface area contributed by atoms with Crippen molar-refractivity contribution >= 4 is 40.1 Å². The van der Waals surface area contributed by atoms with Gasteiger partial charge in [-0.2, -0.15) is 26.3 Å². The monoisotopic (exact) mass is 784 g/mol. The molecule has 13 nitrogen and oxygen atoms in total. The molecule has 2 aromatic carbocycles. The minimum atomic E-state index is -5.08. The number of benzene rings is 2. The number of rotatable bonds is 10. The molecule has 3 heterocycles. The fourth-order valence-electron chi connectivity index (χ4n) is 4.72. The zero-order chi connectivity index (χ0) is 41.2. The van der Waals surface area contributed by atoms with Crippen LogP contribution < -0.4 is 15.8 Å². The zero-order valence-electron chi connectivity index (χ0n) is 29.5. The topological polar surface area (TPSA) is 186 Å². The number of nitrogens with two attached hydrogens (primary N) is 1. The number of hydrogen-bond donors (Lipinski definition) is 4. The predicted octanol–water partition coefficient (Wildman–Crippen LogP) is 6.93. The number of fused-ring (bicyclic) bond motifs is 1. The second kappa shape index (κ2) is 18.1. The highest BCUT2D eigenvalue weighted by molar-refractivity contribution is 5.93. The van der Waals surface area contributed by atoms with Gasteiger partial charge in [-0.25, -0.2) is 23.9 Å². The molecule has 0 bridgehead atoms. The highest BCUT2D eigenvalue weighted by Gasteiger charge is 2.39. The number of furan rings is 1. The number of ether oxygens (including phenoxy) is 1. The third-order valence-electron chi connectivity index (χ3n) is 7.42. The van der Waals surface area contributed by atoms with Gasteiger partial charge in [-0.15, -0.1) is 0 Å². The second-order valence-electron chi connectivity index (χ2n) is 11.5. The molecule has 1 unspecified atom stereocenters. The Hall–Kier alpha value is -6.34. The summed E-state index contributed by atoms with van der Waals surface area (Å²) in [6, 6.07) is 12.1. The first-order valence-electron chi connectivity index (χ1n) is 15.9. The van der Waals surface area contributed by atoms with Crippen molar-refractivity contribution in [2.24, 2.45) is 0 Å². The van der Waals surface area contributed by atoms with Crippen LogP contribution in [0, 0.1) is 5.82 Å². The molecule has 5 N–H and O–H groups in total. The summed E-state index contributed by atoms with van der Waals surface area (Å²) < 4.78 is 92.4. The Morgan fingerprint density at radius 3 is 2.16 bits per heavy atom. The van der Waals surface area contributed by atoms with Crippen molar-refractivity contribution < 1.29 is 64.5 Å². The number of amides is 1. The number of nitrogens with zero attached hydrogens (tertiary/aromatic N) is 4. The number of alkyl halides is 6. The van der Waals surface area contributed by atoms with Gasteiger partial charge in [0.25, 0.3) is 0 Å². The van der Waals surface area contributed by atoms with E-state index in [0.29, 0.717) is 41.6 Å². The van der Waals surface area contributed by atoms with Gasteiger partial charge in [-0.1, -0.05) is 13.0 Å². The van der Waals surface area contributed by atoms with Crippen molar-refractivity contribution in [2.45, 2.75) is 45.2 Å². The zero-order valence-corrected chi connectivity index (χ0v) is 29.5. The Balaban J connectivity index is 0.000000494. The molecule has 5 aromatic rings. The second-order valence-corrected chi connectivity index (χ2v) is 11.5. The van der Waals surface area contributed by atoms with E-state index in [1.165, 1.54) is 4.90 Å². The van der Waals surface area contributed by atoms with Gasteiger partial charge in [0.1, 0.15) is 24.2 Å². The van der Waals surface area contributed by atoms with Gasteiger partial charge in [-0.05, 0) is 60.7 Å². The van der Waals surface area contributed by atoms with Crippen LogP contribution in [-0.4, -0.2) is 80.5 Å². The molecule has 0 saturated heterocycles. The lowest BCUT2D eigenvalue weighted by atomic mass is 9.99. The number of likely N-dealkylation sites (N-methyl/N-ethyl adjacent to an activating group) is 1. The predicted molar refractivity (Wildman–Crippen MR) is 185 cm³/mol. The van der Waals surface area contributed by atoms with Crippen LogP contribution in [0.1, 0.15) is 36.8 Å². The average Bonchev–Trinajstić information content (AvgIpc) is 3.79. The number of carboxylic acids is 2. The number of carboxylic acid groups (broad SMARTS) is 2. The first-order valence-corrected chi connectivity index (χ1v) is 15.9. The summed E-state index contributed by atoms with van der Waals surface area (Å²) >= 11 is 0. The average molecular weight is 785 g/mol. The number of aliphatic carboxylic acids is 2. The summed E-state index contributed by atoms with van der Waals surface area (Å²) in [5, 5.41) is 19.4. The number of carbonyl (C=O) groups excluding carboxylic acids is 1.